The summed E-state index contributed by atoms with van der Waals surface area (Å²) < 4.78 is 0.803. The van der Waals surface area contributed by atoms with E-state index in [0.717, 1.165) is 21.2 Å². The molecule has 0 aliphatic carbocycles. The highest BCUT2D eigenvalue weighted by molar-refractivity contribution is 9.10. The summed E-state index contributed by atoms with van der Waals surface area (Å²) in [5.41, 5.74) is 6.75. The van der Waals surface area contributed by atoms with Gasteiger partial charge in [-0.15, -0.1) is 0 Å². The topological polar surface area (TPSA) is 92.1 Å². The predicted molar refractivity (Wildman–Crippen MR) is 73.4 cm³/mol. The zero-order valence-electron chi connectivity index (χ0n) is 9.89. The third-order valence-electron chi connectivity index (χ3n) is 3.33. The van der Waals surface area contributed by atoms with E-state index in [1.807, 2.05) is 18.2 Å². The molecule has 1 fully saturated rings. The van der Waals surface area contributed by atoms with E-state index < -0.39 is 11.8 Å². The highest BCUT2D eigenvalue weighted by Crippen LogP contribution is 2.29. The van der Waals surface area contributed by atoms with Crippen LogP contribution in [0, 0.1) is 5.92 Å². The maximum Gasteiger partial charge on any atom is 0.227 e. The normalized spacial score (nSPS) is 19.3. The maximum absolute atomic E-state index is 11.9. The molecule has 1 aliphatic rings. The van der Waals surface area contributed by atoms with Gasteiger partial charge in [-0.2, -0.15) is 5.10 Å². The van der Waals surface area contributed by atoms with Crippen molar-refractivity contribution >= 4 is 44.3 Å². The van der Waals surface area contributed by atoms with Gasteiger partial charge in [-0.3, -0.25) is 14.7 Å². The van der Waals surface area contributed by atoms with Crippen LogP contribution in [0.5, 0.6) is 0 Å². The van der Waals surface area contributed by atoms with Crippen molar-refractivity contribution in [1.82, 2.24) is 10.2 Å². The van der Waals surface area contributed by atoms with Gasteiger partial charge in [-0.1, -0.05) is 0 Å². The van der Waals surface area contributed by atoms with Crippen molar-refractivity contribution in [2.45, 2.75) is 6.42 Å². The number of aromatic amines is 1. The summed E-state index contributed by atoms with van der Waals surface area (Å²) in [5.74, 6) is -0.925. The molecule has 98 valence electrons. The molecule has 1 aliphatic heterocycles. The molecule has 1 aromatic heterocycles. The van der Waals surface area contributed by atoms with Gasteiger partial charge in [0.2, 0.25) is 11.8 Å². The molecule has 7 heteroatoms. The van der Waals surface area contributed by atoms with E-state index >= 15 is 0 Å². The average molecular weight is 323 g/mol. The van der Waals surface area contributed by atoms with Crippen LogP contribution in [0.1, 0.15) is 6.42 Å². The number of carbonyl (C=O) groups excluding carboxylic acids is 2. The van der Waals surface area contributed by atoms with E-state index in [2.05, 4.69) is 26.1 Å². The number of H-pyrrole nitrogens is 1. The summed E-state index contributed by atoms with van der Waals surface area (Å²) in [6, 6.07) is 5.53. The number of carbonyl (C=O) groups is 2. The standard InChI is InChI=1S/C12H11BrN4O2/c13-11-8-2-1-7(4-9(8)15-16-11)17-5-6(12(14)19)3-10(17)18/h1-2,4,6H,3,5H2,(H2,14,19)(H,15,16). The summed E-state index contributed by atoms with van der Waals surface area (Å²) in [6.45, 7) is 0.339. The fourth-order valence-electron chi connectivity index (χ4n) is 2.28. The molecule has 3 rings (SSSR count). The third kappa shape index (κ3) is 1.99. The lowest BCUT2D eigenvalue weighted by molar-refractivity contribution is -0.123. The number of nitrogens with zero attached hydrogens (tertiary/aromatic N) is 2. The maximum atomic E-state index is 11.9. The molecular weight excluding hydrogens is 312 g/mol. The zero-order chi connectivity index (χ0) is 13.6. The molecule has 0 bridgehead atoms. The monoisotopic (exact) mass is 322 g/mol. The SMILES string of the molecule is NC(=O)C1CC(=O)N(c2ccc3c(Br)[nH]nc3c2)C1. The van der Waals surface area contributed by atoms with Gasteiger partial charge >= 0.3 is 0 Å². The van der Waals surface area contributed by atoms with Crippen LogP contribution in [0.4, 0.5) is 5.69 Å². The number of fused-ring (bicyclic) bond motifs is 1. The molecule has 6 nitrogen and oxygen atoms in total. The minimum absolute atomic E-state index is 0.0854. The summed E-state index contributed by atoms with van der Waals surface area (Å²) in [5, 5.41) is 7.90. The predicted octanol–water partition coefficient (Wildman–Crippen LogP) is 1.16. The Kier molecular flexibility index (Phi) is 2.78. The molecule has 0 saturated carbocycles. The Labute approximate surface area is 117 Å². The van der Waals surface area contributed by atoms with Crippen LogP contribution in [0.25, 0.3) is 10.9 Å². The number of amides is 2. The molecule has 3 N–H and O–H groups in total. The average Bonchev–Trinajstić information content (AvgIpc) is 2.93. The number of nitrogens with one attached hydrogen (secondary N) is 1. The van der Waals surface area contributed by atoms with Crippen LogP contribution in [0.2, 0.25) is 0 Å². The Morgan fingerprint density at radius 1 is 1.53 bits per heavy atom. The Balaban J connectivity index is 1.96. The minimum atomic E-state index is -0.431. The van der Waals surface area contributed by atoms with Crippen molar-refractivity contribution in [2.75, 3.05) is 11.4 Å². The van der Waals surface area contributed by atoms with E-state index in [-0.39, 0.29) is 12.3 Å². The quantitative estimate of drug-likeness (QED) is 0.869. The molecule has 1 atom stereocenters. The summed E-state index contributed by atoms with van der Waals surface area (Å²) >= 11 is 3.36. The molecule has 0 radical (unpaired) electrons. The second-order valence-corrected chi connectivity index (χ2v) is 5.34. The summed E-state index contributed by atoms with van der Waals surface area (Å²) in [6.07, 6.45) is 0.178. The molecule has 2 aromatic rings. The van der Waals surface area contributed by atoms with E-state index in [9.17, 15) is 9.59 Å². The van der Waals surface area contributed by atoms with E-state index in [1.54, 1.807) is 4.90 Å². The first kappa shape index (κ1) is 12.2. The van der Waals surface area contributed by atoms with Gasteiger partial charge in [0.25, 0.3) is 0 Å². The van der Waals surface area contributed by atoms with E-state index in [4.69, 9.17) is 5.73 Å². The highest BCUT2D eigenvalue weighted by Gasteiger charge is 2.34. The van der Waals surface area contributed by atoms with Crippen molar-refractivity contribution < 1.29 is 9.59 Å². The number of hydrogen-bond donors (Lipinski definition) is 2. The third-order valence-corrected chi connectivity index (χ3v) is 3.94. The Morgan fingerprint density at radius 3 is 3.00 bits per heavy atom. The second kappa shape index (κ2) is 4.34. The summed E-state index contributed by atoms with van der Waals surface area (Å²) in [7, 11) is 0. The van der Waals surface area contributed by atoms with Crippen LogP contribution in [-0.2, 0) is 9.59 Å². The number of benzene rings is 1. The molecule has 2 amide bonds. The van der Waals surface area contributed by atoms with Crippen LogP contribution >= 0.6 is 15.9 Å². The van der Waals surface area contributed by atoms with Crippen molar-refractivity contribution in [3.8, 4) is 0 Å². The Morgan fingerprint density at radius 2 is 2.32 bits per heavy atom. The van der Waals surface area contributed by atoms with Gasteiger partial charge in [0, 0.05) is 24.0 Å². The van der Waals surface area contributed by atoms with E-state index in [1.165, 1.54) is 0 Å². The zero-order valence-corrected chi connectivity index (χ0v) is 11.5. The smallest absolute Gasteiger partial charge is 0.227 e. The van der Waals surface area contributed by atoms with Crippen LogP contribution < -0.4 is 10.6 Å². The second-order valence-electron chi connectivity index (χ2n) is 4.55. The van der Waals surface area contributed by atoms with Gasteiger partial charge in [0.15, 0.2) is 0 Å². The van der Waals surface area contributed by atoms with Crippen LogP contribution in [0.15, 0.2) is 22.8 Å². The van der Waals surface area contributed by atoms with Crippen molar-refractivity contribution in [3.05, 3.63) is 22.8 Å². The van der Waals surface area contributed by atoms with Gasteiger partial charge < -0.3 is 10.6 Å². The first-order valence-corrected chi connectivity index (χ1v) is 6.59. The number of anilines is 1. The number of aromatic nitrogens is 2. The van der Waals surface area contributed by atoms with Gasteiger partial charge in [0.05, 0.1) is 11.4 Å². The highest BCUT2D eigenvalue weighted by atomic mass is 79.9. The number of primary amides is 1. The van der Waals surface area contributed by atoms with Crippen molar-refractivity contribution in [3.63, 3.8) is 0 Å². The molecular formula is C12H11BrN4O2. The fraction of sp³-hybridized carbons (Fsp3) is 0.250. The number of hydrogen-bond acceptors (Lipinski definition) is 3. The molecule has 19 heavy (non-hydrogen) atoms. The largest absolute Gasteiger partial charge is 0.369 e. The first-order chi connectivity index (χ1) is 9.06. The summed E-state index contributed by atoms with van der Waals surface area (Å²) in [4.78, 5) is 24.7. The Hall–Kier alpha value is -1.89. The minimum Gasteiger partial charge on any atom is -0.369 e. The first-order valence-electron chi connectivity index (χ1n) is 5.79. The number of nitrogens with two attached hydrogens (primary N) is 1. The molecule has 1 saturated heterocycles. The lowest BCUT2D eigenvalue weighted by atomic mass is 10.1. The molecule has 1 unspecified atom stereocenters. The van der Waals surface area contributed by atoms with Gasteiger partial charge in [-0.25, -0.2) is 0 Å². The number of halogens is 1. The lowest BCUT2D eigenvalue weighted by Crippen LogP contribution is -2.28. The molecule has 2 heterocycles. The molecule has 0 spiro atoms. The van der Waals surface area contributed by atoms with Crippen LogP contribution in [0.3, 0.4) is 0 Å². The van der Waals surface area contributed by atoms with Crippen LogP contribution in [-0.4, -0.2) is 28.6 Å². The van der Waals surface area contributed by atoms with Crippen molar-refractivity contribution in [2.24, 2.45) is 11.7 Å². The number of rotatable bonds is 2. The fourth-order valence-corrected chi connectivity index (χ4v) is 2.71. The van der Waals surface area contributed by atoms with Gasteiger partial charge in [-0.05, 0) is 34.1 Å². The van der Waals surface area contributed by atoms with Gasteiger partial charge in [0.1, 0.15) is 4.60 Å². The lowest BCUT2D eigenvalue weighted by Gasteiger charge is -2.16. The van der Waals surface area contributed by atoms with Crippen molar-refractivity contribution in [1.29, 1.82) is 0 Å². The molecule has 1 aromatic carbocycles. The van der Waals surface area contributed by atoms with E-state index in [0.29, 0.717) is 6.54 Å². The Bertz CT molecular complexity index is 681.